The number of hydrogen-bond acceptors (Lipinski definition) is 6. The molecule has 3 aromatic rings. The SMILES string of the molecule is CCN(CC)CCCOc1ccncc1-c1nc2c(OC(N)=O)cccc2[nH]1. The van der Waals surface area contributed by atoms with Crippen molar-refractivity contribution in [2.75, 3.05) is 26.2 Å². The van der Waals surface area contributed by atoms with E-state index in [1.165, 1.54) is 0 Å². The van der Waals surface area contributed by atoms with Crippen LogP contribution in [0.4, 0.5) is 4.79 Å². The molecule has 0 aliphatic heterocycles. The molecule has 1 amide bonds. The molecular formula is C20H25N5O3. The number of rotatable bonds is 9. The average molecular weight is 383 g/mol. The van der Waals surface area contributed by atoms with Crippen molar-refractivity contribution in [1.29, 1.82) is 0 Å². The van der Waals surface area contributed by atoms with Crippen LogP contribution in [0.1, 0.15) is 20.3 Å². The van der Waals surface area contributed by atoms with E-state index in [9.17, 15) is 4.79 Å². The van der Waals surface area contributed by atoms with E-state index in [0.29, 0.717) is 29.4 Å². The van der Waals surface area contributed by atoms with Crippen molar-refractivity contribution in [1.82, 2.24) is 19.9 Å². The van der Waals surface area contributed by atoms with Gasteiger partial charge < -0.3 is 25.1 Å². The minimum Gasteiger partial charge on any atom is -0.493 e. The summed E-state index contributed by atoms with van der Waals surface area (Å²) in [5.74, 6) is 1.59. The zero-order chi connectivity index (χ0) is 19.9. The first-order chi connectivity index (χ1) is 13.6. The lowest BCUT2D eigenvalue weighted by Gasteiger charge is -2.18. The number of fused-ring (bicyclic) bond motifs is 1. The summed E-state index contributed by atoms with van der Waals surface area (Å²) >= 11 is 0. The summed E-state index contributed by atoms with van der Waals surface area (Å²) in [6.07, 6.45) is 3.44. The third kappa shape index (κ3) is 4.58. The Bertz CT molecular complexity index is 936. The molecule has 2 heterocycles. The summed E-state index contributed by atoms with van der Waals surface area (Å²) in [6, 6.07) is 7.07. The number of hydrogen-bond donors (Lipinski definition) is 2. The largest absolute Gasteiger partial charge is 0.493 e. The van der Waals surface area contributed by atoms with Crippen LogP contribution in [0, 0.1) is 0 Å². The minimum atomic E-state index is -0.879. The maximum atomic E-state index is 11.1. The van der Waals surface area contributed by atoms with Gasteiger partial charge in [-0.1, -0.05) is 19.9 Å². The Balaban J connectivity index is 1.79. The predicted octanol–water partition coefficient (Wildman–Crippen LogP) is 3.19. The quantitative estimate of drug-likeness (QED) is 0.550. The molecule has 3 N–H and O–H groups in total. The number of imidazole rings is 1. The summed E-state index contributed by atoms with van der Waals surface area (Å²) in [6.45, 7) is 7.97. The lowest BCUT2D eigenvalue weighted by atomic mass is 10.2. The van der Waals surface area contributed by atoms with Gasteiger partial charge in [0.1, 0.15) is 17.1 Å². The molecule has 0 radical (unpaired) electrons. The highest BCUT2D eigenvalue weighted by molar-refractivity contribution is 5.87. The molecule has 28 heavy (non-hydrogen) atoms. The number of primary amides is 1. The molecule has 0 saturated heterocycles. The fourth-order valence-electron chi connectivity index (χ4n) is 3.02. The molecule has 0 aliphatic rings. The number of amides is 1. The monoisotopic (exact) mass is 383 g/mol. The summed E-state index contributed by atoms with van der Waals surface area (Å²) in [5, 5.41) is 0. The molecule has 0 atom stereocenters. The van der Waals surface area contributed by atoms with E-state index >= 15 is 0 Å². The van der Waals surface area contributed by atoms with Gasteiger partial charge in [0.15, 0.2) is 5.75 Å². The van der Waals surface area contributed by atoms with E-state index in [2.05, 4.69) is 33.7 Å². The van der Waals surface area contributed by atoms with Crippen LogP contribution in [0.25, 0.3) is 22.4 Å². The van der Waals surface area contributed by atoms with Crippen LogP contribution in [0.3, 0.4) is 0 Å². The Morgan fingerprint density at radius 3 is 2.79 bits per heavy atom. The van der Waals surface area contributed by atoms with E-state index in [4.69, 9.17) is 15.2 Å². The molecule has 8 heteroatoms. The number of ether oxygens (including phenoxy) is 2. The highest BCUT2D eigenvalue weighted by atomic mass is 16.5. The number of para-hydroxylation sites is 1. The van der Waals surface area contributed by atoms with Crippen molar-refractivity contribution < 1.29 is 14.3 Å². The van der Waals surface area contributed by atoms with Gasteiger partial charge in [-0.3, -0.25) is 4.98 Å². The van der Waals surface area contributed by atoms with Crippen LogP contribution < -0.4 is 15.2 Å². The first-order valence-electron chi connectivity index (χ1n) is 9.38. The van der Waals surface area contributed by atoms with Crippen LogP contribution in [0.5, 0.6) is 11.5 Å². The van der Waals surface area contributed by atoms with Gasteiger partial charge in [-0.05, 0) is 37.7 Å². The molecule has 0 saturated carbocycles. The van der Waals surface area contributed by atoms with Gasteiger partial charge in [0.25, 0.3) is 0 Å². The smallest absolute Gasteiger partial charge is 0.410 e. The number of carbonyl (C=O) groups is 1. The highest BCUT2D eigenvalue weighted by Gasteiger charge is 2.15. The second-order valence-electron chi connectivity index (χ2n) is 6.26. The Labute approximate surface area is 163 Å². The first-order valence-corrected chi connectivity index (χ1v) is 9.38. The molecule has 3 rings (SSSR count). The van der Waals surface area contributed by atoms with E-state index < -0.39 is 6.09 Å². The number of nitrogens with zero attached hydrogens (tertiary/aromatic N) is 3. The maximum Gasteiger partial charge on any atom is 0.410 e. The van der Waals surface area contributed by atoms with Crippen LogP contribution in [-0.2, 0) is 0 Å². The molecule has 0 spiro atoms. The molecule has 0 fully saturated rings. The Kier molecular flexibility index (Phi) is 6.44. The van der Waals surface area contributed by atoms with Crippen LogP contribution >= 0.6 is 0 Å². The van der Waals surface area contributed by atoms with Crippen molar-refractivity contribution in [3.8, 4) is 22.9 Å². The number of nitrogens with two attached hydrogens (primary N) is 1. The first kappa shape index (κ1) is 19.6. The molecule has 1 aromatic carbocycles. The third-order valence-corrected chi connectivity index (χ3v) is 4.49. The standard InChI is InChI=1S/C20H25N5O3/c1-3-25(4-2)11-6-12-27-16-9-10-22-13-14(16)19-23-15-7-5-8-17(18(15)24-19)28-20(21)26/h5,7-10,13H,3-4,6,11-12H2,1-2H3,(H2,21,26)(H,23,24). The molecule has 0 unspecified atom stereocenters. The van der Waals surface area contributed by atoms with E-state index in [1.54, 1.807) is 24.5 Å². The fourth-order valence-corrected chi connectivity index (χ4v) is 3.02. The molecule has 8 nitrogen and oxygen atoms in total. The Morgan fingerprint density at radius 1 is 1.21 bits per heavy atom. The second-order valence-corrected chi connectivity index (χ2v) is 6.26. The summed E-state index contributed by atoms with van der Waals surface area (Å²) in [4.78, 5) is 25.4. The van der Waals surface area contributed by atoms with Gasteiger partial charge in [0, 0.05) is 18.9 Å². The number of pyridine rings is 1. The van der Waals surface area contributed by atoms with Gasteiger partial charge in [0.2, 0.25) is 0 Å². The van der Waals surface area contributed by atoms with Crippen molar-refractivity contribution >= 4 is 17.1 Å². The second kappa shape index (κ2) is 9.18. The number of H-pyrrole nitrogens is 1. The lowest BCUT2D eigenvalue weighted by molar-refractivity contribution is 0.211. The minimum absolute atomic E-state index is 0.304. The topological polar surface area (TPSA) is 106 Å². The van der Waals surface area contributed by atoms with Crippen molar-refractivity contribution in [2.24, 2.45) is 5.73 Å². The fraction of sp³-hybridized carbons (Fsp3) is 0.350. The zero-order valence-corrected chi connectivity index (χ0v) is 16.1. The van der Waals surface area contributed by atoms with Crippen molar-refractivity contribution in [2.45, 2.75) is 20.3 Å². The van der Waals surface area contributed by atoms with Crippen molar-refractivity contribution in [3.63, 3.8) is 0 Å². The van der Waals surface area contributed by atoms with E-state index in [1.807, 2.05) is 12.1 Å². The number of aromatic amines is 1. The molecule has 148 valence electrons. The number of benzene rings is 1. The average Bonchev–Trinajstić information content (AvgIpc) is 3.13. The Morgan fingerprint density at radius 2 is 2.04 bits per heavy atom. The number of carbonyl (C=O) groups excluding carboxylic acids is 1. The summed E-state index contributed by atoms with van der Waals surface area (Å²) in [5.41, 5.74) is 7.12. The predicted molar refractivity (Wildman–Crippen MR) is 107 cm³/mol. The van der Waals surface area contributed by atoms with Crippen molar-refractivity contribution in [3.05, 3.63) is 36.7 Å². The lowest BCUT2D eigenvalue weighted by Crippen LogP contribution is -2.25. The van der Waals surface area contributed by atoms with Gasteiger partial charge >= 0.3 is 6.09 Å². The normalized spacial score (nSPS) is 11.1. The van der Waals surface area contributed by atoms with Gasteiger partial charge in [0.05, 0.1) is 17.7 Å². The van der Waals surface area contributed by atoms with Crippen LogP contribution in [0.2, 0.25) is 0 Å². The van der Waals surface area contributed by atoms with Crippen LogP contribution in [-0.4, -0.2) is 52.2 Å². The maximum absolute atomic E-state index is 11.1. The molecule has 2 aromatic heterocycles. The van der Waals surface area contributed by atoms with Crippen LogP contribution in [0.15, 0.2) is 36.7 Å². The van der Waals surface area contributed by atoms with Gasteiger partial charge in [-0.15, -0.1) is 0 Å². The third-order valence-electron chi connectivity index (χ3n) is 4.49. The van der Waals surface area contributed by atoms with E-state index in [-0.39, 0.29) is 0 Å². The molecular weight excluding hydrogens is 358 g/mol. The van der Waals surface area contributed by atoms with E-state index in [0.717, 1.165) is 37.1 Å². The van der Waals surface area contributed by atoms with Gasteiger partial charge in [-0.2, -0.15) is 0 Å². The Hall–Kier alpha value is -3.13. The highest BCUT2D eigenvalue weighted by Crippen LogP contribution is 2.31. The number of nitrogens with one attached hydrogen (secondary N) is 1. The zero-order valence-electron chi connectivity index (χ0n) is 16.1. The van der Waals surface area contributed by atoms with Gasteiger partial charge in [-0.25, -0.2) is 9.78 Å². The molecule has 0 bridgehead atoms. The number of aromatic nitrogens is 3. The summed E-state index contributed by atoms with van der Waals surface area (Å²) < 4.78 is 11.0. The molecule has 0 aliphatic carbocycles. The summed E-state index contributed by atoms with van der Waals surface area (Å²) in [7, 11) is 0.